The van der Waals surface area contributed by atoms with Gasteiger partial charge in [-0.15, -0.1) is 0 Å². The molecule has 0 aliphatic carbocycles. The summed E-state index contributed by atoms with van der Waals surface area (Å²) in [5.74, 6) is 0. The molecule has 0 amide bonds. The lowest BCUT2D eigenvalue weighted by atomic mass is 10.1. The summed E-state index contributed by atoms with van der Waals surface area (Å²) in [6.07, 6.45) is -6.34. The topological polar surface area (TPSA) is 194 Å². The number of hydrogen-bond donors (Lipinski definition) is 4. The lowest BCUT2D eigenvalue weighted by molar-refractivity contribution is -0.384. The number of nitro groups is 1. The number of aliphatic hydroxyl groups is 1. The number of phosphoric ester groups is 1. The van der Waals surface area contributed by atoms with Gasteiger partial charge in [0, 0.05) is 18.3 Å². The molecule has 1 fully saturated rings. The minimum atomic E-state index is -4.91. The molecule has 4 N–H and O–H groups in total. The maximum Gasteiger partial charge on any atom is 0.469 e. The van der Waals surface area contributed by atoms with Crippen LogP contribution in [0.15, 0.2) is 40.1 Å². The molecule has 1 aliphatic rings. The van der Waals surface area contributed by atoms with Crippen molar-refractivity contribution in [3.05, 3.63) is 61.4 Å². The van der Waals surface area contributed by atoms with Crippen LogP contribution in [0.2, 0.25) is 0 Å². The van der Waals surface area contributed by atoms with E-state index in [1.54, 1.807) is 0 Å². The van der Waals surface area contributed by atoms with Crippen LogP contribution in [0.25, 0.3) is 11.1 Å². The third kappa shape index (κ3) is 4.53. The zero-order valence-corrected chi connectivity index (χ0v) is 15.7. The minimum absolute atomic E-state index is 0.135. The van der Waals surface area contributed by atoms with Gasteiger partial charge < -0.3 is 19.6 Å². The number of nitro benzene ring substituents is 1. The SMILES string of the molecule is O=c1[nH]c(=O)n([C@@H]2O[C@H](COP(=O)(O)O)[C@@H](O)[C@@H]2F)cc1-c1ccc([N+](=O)[O-])cc1. The van der Waals surface area contributed by atoms with E-state index >= 15 is 0 Å². The number of phosphoric acid groups is 1. The molecule has 0 radical (unpaired) electrons. The number of aromatic amines is 1. The van der Waals surface area contributed by atoms with Gasteiger partial charge in [-0.1, -0.05) is 0 Å². The van der Waals surface area contributed by atoms with E-state index in [1.807, 2.05) is 4.98 Å². The number of nitrogens with zero attached hydrogens (tertiary/aromatic N) is 2. The predicted octanol–water partition coefficient (Wildman–Crippen LogP) is -0.182. The normalized spacial score (nSPS) is 24.1. The van der Waals surface area contributed by atoms with E-state index in [9.17, 15) is 33.8 Å². The average Bonchev–Trinajstić information content (AvgIpc) is 2.94. The van der Waals surface area contributed by atoms with Gasteiger partial charge in [-0.2, -0.15) is 0 Å². The molecule has 1 saturated heterocycles. The minimum Gasteiger partial charge on any atom is -0.387 e. The number of ether oxygens (including phenoxy) is 1. The number of H-pyrrole nitrogens is 1. The van der Waals surface area contributed by atoms with Gasteiger partial charge in [0.15, 0.2) is 12.4 Å². The van der Waals surface area contributed by atoms with Gasteiger partial charge in [-0.05, 0) is 17.7 Å². The number of halogens is 1. The second-order valence-electron chi connectivity index (χ2n) is 6.30. The predicted molar refractivity (Wildman–Crippen MR) is 96.2 cm³/mol. The molecule has 13 nitrogen and oxygen atoms in total. The molecule has 2 heterocycles. The van der Waals surface area contributed by atoms with E-state index in [2.05, 4.69) is 4.52 Å². The number of benzene rings is 1. The van der Waals surface area contributed by atoms with Crippen molar-refractivity contribution in [2.24, 2.45) is 0 Å². The van der Waals surface area contributed by atoms with Gasteiger partial charge in [0.1, 0.15) is 12.2 Å². The summed E-state index contributed by atoms with van der Waals surface area (Å²) >= 11 is 0. The molecule has 0 spiro atoms. The van der Waals surface area contributed by atoms with Gasteiger partial charge in [0.25, 0.3) is 11.2 Å². The Bertz CT molecular complexity index is 1110. The molecule has 4 atom stereocenters. The van der Waals surface area contributed by atoms with Crippen molar-refractivity contribution in [1.29, 1.82) is 0 Å². The first-order valence-electron chi connectivity index (χ1n) is 8.26. The van der Waals surface area contributed by atoms with E-state index in [4.69, 9.17) is 14.5 Å². The van der Waals surface area contributed by atoms with Crippen LogP contribution in [0.4, 0.5) is 10.1 Å². The van der Waals surface area contributed by atoms with Crippen LogP contribution in [0.1, 0.15) is 6.23 Å². The molecular weight excluding hydrogens is 432 g/mol. The molecule has 30 heavy (non-hydrogen) atoms. The van der Waals surface area contributed by atoms with Crippen LogP contribution in [0.3, 0.4) is 0 Å². The Morgan fingerprint density at radius 2 is 1.93 bits per heavy atom. The monoisotopic (exact) mass is 447 g/mol. The van der Waals surface area contributed by atoms with Crippen molar-refractivity contribution < 1.29 is 38.0 Å². The van der Waals surface area contributed by atoms with Crippen molar-refractivity contribution in [3.8, 4) is 11.1 Å². The van der Waals surface area contributed by atoms with E-state index in [0.29, 0.717) is 4.57 Å². The third-order valence-electron chi connectivity index (χ3n) is 4.33. The van der Waals surface area contributed by atoms with Crippen molar-refractivity contribution in [3.63, 3.8) is 0 Å². The second kappa shape index (κ2) is 8.18. The highest BCUT2D eigenvalue weighted by Gasteiger charge is 2.46. The lowest BCUT2D eigenvalue weighted by Gasteiger charge is -2.17. The van der Waals surface area contributed by atoms with Gasteiger partial charge in [-0.3, -0.25) is 29.0 Å². The Kier molecular flexibility index (Phi) is 5.99. The number of nitrogens with one attached hydrogen (secondary N) is 1. The van der Waals surface area contributed by atoms with Crippen LogP contribution >= 0.6 is 7.82 Å². The largest absolute Gasteiger partial charge is 0.469 e. The molecule has 15 heteroatoms. The summed E-state index contributed by atoms with van der Waals surface area (Å²) in [6, 6.07) is 4.78. The first-order valence-corrected chi connectivity index (χ1v) is 9.79. The van der Waals surface area contributed by atoms with E-state index in [-0.39, 0.29) is 16.8 Å². The second-order valence-corrected chi connectivity index (χ2v) is 7.54. The summed E-state index contributed by atoms with van der Waals surface area (Å²) < 4.78 is 35.4. The molecule has 3 rings (SSSR count). The van der Waals surface area contributed by atoms with E-state index < -0.39 is 55.2 Å². The quantitative estimate of drug-likeness (QED) is 0.262. The molecule has 0 unspecified atom stereocenters. The number of alkyl halides is 1. The molecule has 1 aliphatic heterocycles. The number of aromatic nitrogens is 2. The molecule has 2 aromatic rings. The molecule has 1 aromatic heterocycles. The lowest BCUT2D eigenvalue weighted by Crippen LogP contribution is -2.36. The van der Waals surface area contributed by atoms with Gasteiger partial charge in [0.05, 0.1) is 17.1 Å². The van der Waals surface area contributed by atoms with Gasteiger partial charge in [-0.25, -0.2) is 13.8 Å². The maximum atomic E-state index is 14.5. The average molecular weight is 447 g/mol. The third-order valence-corrected chi connectivity index (χ3v) is 4.82. The maximum absolute atomic E-state index is 14.5. The summed E-state index contributed by atoms with van der Waals surface area (Å²) in [7, 11) is -4.91. The van der Waals surface area contributed by atoms with E-state index in [0.717, 1.165) is 18.3 Å². The Hall–Kier alpha value is -2.74. The van der Waals surface area contributed by atoms with Crippen LogP contribution < -0.4 is 11.2 Å². The fourth-order valence-corrected chi connectivity index (χ4v) is 3.22. The summed E-state index contributed by atoms with van der Waals surface area (Å²) in [4.78, 5) is 53.8. The van der Waals surface area contributed by atoms with Crippen molar-refractivity contribution >= 4 is 13.5 Å². The fourth-order valence-electron chi connectivity index (χ4n) is 2.88. The summed E-state index contributed by atoms with van der Waals surface area (Å²) in [5.41, 5.74) is -2.10. The zero-order valence-electron chi connectivity index (χ0n) is 14.8. The smallest absolute Gasteiger partial charge is 0.387 e. The fraction of sp³-hybridized carbons (Fsp3) is 0.333. The standard InChI is InChI=1S/C15H15FN3O10P/c16-11-12(20)10(6-28-30(25,26)27)29-14(11)18-5-9(13(21)17-15(18)22)7-1-3-8(4-2-7)19(23)24/h1-5,10-12,14,20H,6H2,(H,17,21,22)(H2,25,26,27)/t10-,11+,12-,14-/m1/s1. The van der Waals surface area contributed by atoms with Crippen LogP contribution in [-0.2, 0) is 13.8 Å². The number of rotatable bonds is 6. The van der Waals surface area contributed by atoms with Crippen LogP contribution in [-0.4, -0.2) is 54.4 Å². The van der Waals surface area contributed by atoms with Crippen LogP contribution in [0, 0.1) is 10.1 Å². The van der Waals surface area contributed by atoms with Gasteiger partial charge >= 0.3 is 13.5 Å². The molecule has 0 saturated carbocycles. The summed E-state index contributed by atoms with van der Waals surface area (Å²) in [5, 5.41) is 20.7. The zero-order chi connectivity index (χ0) is 22.2. The number of aliphatic hydroxyl groups excluding tert-OH is 1. The Balaban J connectivity index is 1.93. The highest BCUT2D eigenvalue weighted by molar-refractivity contribution is 7.46. The first-order chi connectivity index (χ1) is 14.0. The summed E-state index contributed by atoms with van der Waals surface area (Å²) in [6.45, 7) is -0.852. The molecule has 1 aromatic carbocycles. The van der Waals surface area contributed by atoms with E-state index in [1.165, 1.54) is 12.1 Å². The molecule has 162 valence electrons. The highest BCUT2D eigenvalue weighted by atomic mass is 31.2. The van der Waals surface area contributed by atoms with Gasteiger partial charge in [0.2, 0.25) is 0 Å². The van der Waals surface area contributed by atoms with Crippen molar-refractivity contribution in [2.45, 2.75) is 24.6 Å². The first kappa shape index (κ1) is 22.0. The van der Waals surface area contributed by atoms with Crippen LogP contribution in [0.5, 0.6) is 0 Å². The molecular formula is C15H15FN3O10P. The Morgan fingerprint density at radius 1 is 1.30 bits per heavy atom. The Labute approximate surface area is 165 Å². The highest BCUT2D eigenvalue weighted by Crippen LogP contribution is 2.38. The molecule has 0 bridgehead atoms. The van der Waals surface area contributed by atoms with Crippen molar-refractivity contribution in [2.75, 3.05) is 6.61 Å². The van der Waals surface area contributed by atoms with Crippen molar-refractivity contribution in [1.82, 2.24) is 9.55 Å². The Morgan fingerprint density at radius 3 is 2.50 bits per heavy atom. The number of hydrogen-bond acceptors (Lipinski definition) is 8. The number of non-ortho nitro benzene ring substituents is 1.